The van der Waals surface area contributed by atoms with Crippen LogP contribution in [0.3, 0.4) is 0 Å². The monoisotopic (exact) mass is 451 g/mol. The predicted molar refractivity (Wildman–Crippen MR) is 124 cm³/mol. The lowest BCUT2D eigenvalue weighted by Gasteiger charge is -2.31. The second-order valence-corrected chi connectivity index (χ2v) is 8.19. The molecule has 4 rings (SSSR count). The van der Waals surface area contributed by atoms with E-state index < -0.39 is 0 Å². The number of quaternary nitrogens is 1. The highest BCUT2D eigenvalue weighted by molar-refractivity contribution is 5.72. The minimum atomic E-state index is 0. The number of hydrogen-bond acceptors (Lipinski definition) is 3. The van der Waals surface area contributed by atoms with Crippen molar-refractivity contribution in [2.45, 2.75) is 12.3 Å². The highest BCUT2D eigenvalue weighted by Crippen LogP contribution is 2.44. The van der Waals surface area contributed by atoms with E-state index in [0.29, 0.717) is 11.5 Å². The molecule has 0 saturated carbocycles. The third-order valence-electron chi connectivity index (χ3n) is 5.69. The Bertz CT molecular complexity index is 1080. The lowest BCUT2D eigenvalue weighted by Crippen LogP contribution is -3.06. The normalized spacial score (nSPS) is 15.0. The van der Waals surface area contributed by atoms with Crippen LogP contribution < -0.4 is 31.5 Å². The van der Waals surface area contributed by atoms with Gasteiger partial charge in [0.15, 0.2) is 11.5 Å². The van der Waals surface area contributed by atoms with Gasteiger partial charge < -0.3 is 31.5 Å². The van der Waals surface area contributed by atoms with Gasteiger partial charge in [0, 0.05) is 22.6 Å². The minimum Gasteiger partial charge on any atom is -1.00 e. The van der Waals surface area contributed by atoms with Crippen molar-refractivity contribution in [2.24, 2.45) is 0 Å². The van der Waals surface area contributed by atoms with E-state index in [0.717, 1.165) is 30.0 Å². The zero-order chi connectivity index (χ0) is 21.8. The Labute approximate surface area is 196 Å². The van der Waals surface area contributed by atoms with Gasteiger partial charge in [-0.15, -0.1) is 0 Å². The van der Waals surface area contributed by atoms with Gasteiger partial charge in [0.05, 0.1) is 28.3 Å². The Hall–Kier alpha value is -2.95. The van der Waals surface area contributed by atoms with Crippen LogP contribution in [0.1, 0.15) is 22.6 Å². The fraction of sp³-hybridized carbons (Fsp3) is 0.259. The molecule has 1 aliphatic rings. The molecule has 0 amide bonds. The lowest BCUT2D eigenvalue weighted by molar-refractivity contribution is -0.853. The summed E-state index contributed by atoms with van der Waals surface area (Å²) in [5.74, 6) is 3.49. The van der Waals surface area contributed by atoms with Crippen LogP contribution in [0, 0.1) is 0 Å². The predicted octanol–water partition coefficient (Wildman–Crippen LogP) is 0.982. The number of ether oxygens (including phenoxy) is 3. The van der Waals surface area contributed by atoms with Crippen LogP contribution in [0.4, 0.5) is 0 Å². The van der Waals surface area contributed by atoms with E-state index in [1.54, 1.807) is 14.2 Å². The van der Waals surface area contributed by atoms with Crippen LogP contribution >= 0.6 is 0 Å². The van der Waals surface area contributed by atoms with E-state index in [-0.39, 0.29) is 18.3 Å². The molecule has 3 aromatic carbocycles. The summed E-state index contributed by atoms with van der Waals surface area (Å²) in [5, 5.41) is 0. The van der Waals surface area contributed by atoms with Gasteiger partial charge in [0.1, 0.15) is 18.1 Å². The van der Waals surface area contributed by atoms with Crippen LogP contribution in [-0.2, 0) is 6.42 Å². The molecule has 1 unspecified atom stereocenters. The molecule has 0 aromatic heterocycles. The maximum atomic E-state index is 6.54. The molecule has 0 saturated heterocycles. The molecule has 1 aliphatic heterocycles. The van der Waals surface area contributed by atoms with Gasteiger partial charge in [-0.1, -0.05) is 48.5 Å². The molecule has 3 aromatic rings. The van der Waals surface area contributed by atoms with Crippen LogP contribution in [0.2, 0.25) is 0 Å². The van der Waals surface area contributed by atoms with Gasteiger partial charge in [-0.3, -0.25) is 0 Å². The topological polar surface area (TPSA) is 32.1 Å². The first-order valence-electron chi connectivity index (χ1n) is 10.7. The first-order chi connectivity index (χ1) is 15.1. The number of rotatable bonds is 7. The van der Waals surface area contributed by atoms with Gasteiger partial charge >= 0.3 is 0 Å². The summed E-state index contributed by atoms with van der Waals surface area (Å²) in [7, 11) is 7.68. The van der Waals surface area contributed by atoms with E-state index in [1.807, 2.05) is 18.2 Å². The highest BCUT2D eigenvalue weighted by Gasteiger charge is 2.32. The molecule has 0 radical (unpaired) electrons. The molecule has 1 heterocycles. The summed E-state index contributed by atoms with van der Waals surface area (Å²) in [6, 6.07) is 25.1. The number of nitrogens with one attached hydrogen (secondary N) is 1. The fourth-order valence-corrected chi connectivity index (χ4v) is 4.27. The summed E-state index contributed by atoms with van der Waals surface area (Å²) >= 11 is 0. The standard InChI is InChI=1S/C27H29NO3.ClH/c1-28(2)18-23-22(16-19-10-6-5-7-11-19)21-12-8-9-13-24(21)31-27(23)20-14-15-25(29-3)26(17-20)30-4;/h5-15,17,22H,16,18H2,1-4H3;1H. The molecular formula is C27H30ClNO3. The number of methoxy groups -OCH3 is 2. The van der Waals surface area contributed by atoms with Crippen molar-refractivity contribution >= 4 is 5.76 Å². The lowest BCUT2D eigenvalue weighted by atomic mass is 9.81. The van der Waals surface area contributed by atoms with Crippen LogP contribution in [0.25, 0.3) is 5.76 Å². The SMILES string of the molecule is COc1ccc(C2=C(C[NH+](C)C)C(Cc3ccccc3)c3ccccc3O2)cc1OC.[Cl-]. The average Bonchev–Trinajstić information content (AvgIpc) is 2.80. The Morgan fingerprint density at radius 3 is 2.22 bits per heavy atom. The number of hydrogen-bond donors (Lipinski definition) is 1. The summed E-state index contributed by atoms with van der Waals surface area (Å²) < 4.78 is 17.6. The largest absolute Gasteiger partial charge is 1.00 e. The molecule has 5 heteroatoms. The third-order valence-corrected chi connectivity index (χ3v) is 5.69. The third kappa shape index (κ3) is 4.93. The maximum Gasteiger partial charge on any atom is 0.161 e. The Morgan fingerprint density at radius 1 is 0.844 bits per heavy atom. The molecule has 0 spiro atoms. The van der Waals surface area contributed by atoms with Gasteiger partial charge in [-0.05, 0) is 36.2 Å². The number of para-hydroxylation sites is 1. The van der Waals surface area contributed by atoms with Gasteiger partial charge in [-0.2, -0.15) is 0 Å². The Balaban J connectivity index is 0.00000289. The van der Waals surface area contributed by atoms with Crippen LogP contribution in [0.15, 0.2) is 78.4 Å². The van der Waals surface area contributed by atoms with Crippen molar-refractivity contribution in [3.05, 3.63) is 95.1 Å². The second kappa shape index (κ2) is 10.6. The Morgan fingerprint density at radius 2 is 1.53 bits per heavy atom. The first kappa shape index (κ1) is 23.7. The van der Waals surface area contributed by atoms with E-state index in [4.69, 9.17) is 14.2 Å². The fourth-order valence-electron chi connectivity index (χ4n) is 4.27. The van der Waals surface area contributed by atoms with Gasteiger partial charge in [0.2, 0.25) is 0 Å². The number of benzene rings is 3. The van der Waals surface area contributed by atoms with Crippen molar-refractivity contribution in [3.63, 3.8) is 0 Å². The van der Waals surface area contributed by atoms with E-state index in [1.165, 1.54) is 21.6 Å². The number of halogens is 1. The molecule has 0 bridgehead atoms. The van der Waals surface area contributed by atoms with Crippen molar-refractivity contribution < 1.29 is 31.5 Å². The molecule has 168 valence electrons. The summed E-state index contributed by atoms with van der Waals surface area (Å²) in [6.07, 6.45) is 0.931. The zero-order valence-corrected chi connectivity index (χ0v) is 19.8. The van der Waals surface area contributed by atoms with Gasteiger partial charge in [0.25, 0.3) is 0 Å². The van der Waals surface area contributed by atoms with Crippen LogP contribution in [-0.4, -0.2) is 34.9 Å². The minimum absolute atomic E-state index is 0. The molecule has 0 aliphatic carbocycles. The molecule has 4 nitrogen and oxygen atoms in total. The molecule has 1 atom stereocenters. The van der Waals surface area contributed by atoms with Crippen molar-refractivity contribution in [1.29, 1.82) is 0 Å². The zero-order valence-electron chi connectivity index (χ0n) is 19.0. The Kier molecular flexibility index (Phi) is 7.84. The smallest absolute Gasteiger partial charge is 0.161 e. The molecule has 32 heavy (non-hydrogen) atoms. The first-order valence-corrected chi connectivity index (χ1v) is 10.7. The highest BCUT2D eigenvalue weighted by atomic mass is 35.5. The molecule has 0 fully saturated rings. The second-order valence-electron chi connectivity index (χ2n) is 8.19. The van der Waals surface area contributed by atoms with Crippen molar-refractivity contribution in [3.8, 4) is 17.2 Å². The summed E-state index contributed by atoms with van der Waals surface area (Å²) in [5.41, 5.74) is 4.87. The summed E-state index contributed by atoms with van der Waals surface area (Å²) in [6.45, 7) is 0.884. The summed E-state index contributed by atoms with van der Waals surface area (Å²) in [4.78, 5) is 1.36. The van der Waals surface area contributed by atoms with Crippen LogP contribution in [0.5, 0.6) is 17.2 Å². The number of likely N-dealkylation sites (N-methyl/N-ethyl adjacent to an activating group) is 1. The number of fused-ring (bicyclic) bond motifs is 1. The van der Waals surface area contributed by atoms with Crippen molar-refractivity contribution in [1.82, 2.24) is 0 Å². The molecule has 1 N–H and O–H groups in total. The maximum absolute atomic E-state index is 6.54. The average molecular weight is 452 g/mol. The quantitative estimate of drug-likeness (QED) is 0.581. The van der Waals surface area contributed by atoms with E-state index in [2.05, 4.69) is 68.7 Å². The van der Waals surface area contributed by atoms with E-state index in [9.17, 15) is 0 Å². The van der Waals surface area contributed by atoms with E-state index >= 15 is 0 Å². The van der Waals surface area contributed by atoms with Crippen molar-refractivity contribution in [2.75, 3.05) is 34.9 Å². The molecular weight excluding hydrogens is 422 g/mol. The van der Waals surface area contributed by atoms with Gasteiger partial charge in [-0.25, -0.2) is 0 Å².